The standard InChI is InChI=1S/C13H9BrClFN2O/c1-18-7-10(15)13(17-18)12(19)5-2-8-6-9(14)3-4-11(8)16/h2-7H,1H3/b5-2+. The SMILES string of the molecule is Cn1cc(Cl)c(C(=O)/C=C/c2cc(Br)ccc2F)n1. The van der Waals surface area contributed by atoms with Crippen LogP contribution in [0.4, 0.5) is 4.39 Å². The van der Waals surface area contributed by atoms with Crippen LogP contribution in [0.25, 0.3) is 6.08 Å². The lowest BCUT2D eigenvalue weighted by Crippen LogP contribution is -1.98. The van der Waals surface area contributed by atoms with Crippen LogP contribution >= 0.6 is 27.5 Å². The summed E-state index contributed by atoms with van der Waals surface area (Å²) in [4.78, 5) is 11.9. The highest BCUT2D eigenvalue weighted by Crippen LogP contribution is 2.18. The number of carbonyl (C=O) groups is 1. The highest BCUT2D eigenvalue weighted by atomic mass is 79.9. The molecule has 19 heavy (non-hydrogen) atoms. The van der Waals surface area contributed by atoms with E-state index in [1.54, 1.807) is 19.2 Å². The summed E-state index contributed by atoms with van der Waals surface area (Å²) in [5.74, 6) is -0.774. The summed E-state index contributed by atoms with van der Waals surface area (Å²) in [7, 11) is 1.67. The number of benzene rings is 1. The lowest BCUT2D eigenvalue weighted by Gasteiger charge is -1.97. The molecule has 0 saturated heterocycles. The molecule has 98 valence electrons. The molecule has 2 aromatic rings. The van der Waals surface area contributed by atoms with Gasteiger partial charge in [0.25, 0.3) is 0 Å². The van der Waals surface area contributed by atoms with Gasteiger partial charge >= 0.3 is 0 Å². The van der Waals surface area contributed by atoms with Crippen LogP contribution in [0.15, 0.2) is 34.9 Å². The van der Waals surface area contributed by atoms with Crippen molar-refractivity contribution in [2.24, 2.45) is 7.05 Å². The fraction of sp³-hybridized carbons (Fsp3) is 0.0769. The van der Waals surface area contributed by atoms with Crippen LogP contribution in [0.2, 0.25) is 5.02 Å². The Morgan fingerprint density at radius 2 is 2.26 bits per heavy atom. The van der Waals surface area contributed by atoms with Gasteiger partial charge in [-0.2, -0.15) is 5.10 Å². The Balaban J connectivity index is 2.25. The monoisotopic (exact) mass is 342 g/mol. The predicted molar refractivity (Wildman–Crippen MR) is 75.7 cm³/mol. The first kappa shape index (κ1) is 14.0. The average molecular weight is 344 g/mol. The van der Waals surface area contributed by atoms with E-state index in [0.717, 1.165) is 4.47 Å². The normalized spacial score (nSPS) is 11.2. The van der Waals surface area contributed by atoms with Gasteiger partial charge in [-0.3, -0.25) is 9.48 Å². The Kier molecular flexibility index (Phi) is 4.17. The third-order valence-corrected chi connectivity index (χ3v) is 3.16. The average Bonchev–Trinajstić information content (AvgIpc) is 2.69. The molecule has 3 nitrogen and oxygen atoms in total. The maximum absolute atomic E-state index is 13.5. The Morgan fingerprint density at radius 1 is 1.53 bits per heavy atom. The van der Waals surface area contributed by atoms with Crippen LogP contribution in [-0.4, -0.2) is 15.6 Å². The summed E-state index contributed by atoms with van der Waals surface area (Å²) in [6.07, 6.45) is 4.18. The minimum atomic E-state index is -0.403. The molecule has 2 rings (SSSR count). The van der Waals surface area contributed by atoms with E-state index in [1.807, 2.05) is 0 Å². The molecule has 0 radical (unpaired) electrons. The molecule has 6 heteroatoms. The molecule has 0 bridgehead atoms. The van der Waals surface area contributed by atoms with E-state index in [0.29, 0.717) is 5.56 Å². The van der Waals surface area contributed by atoms with E-state index in [1.165, 1.54) is 29.1 Å². The third-order valence-electron chi connectivity index (χ3n) is 2.39. The Hall–Kier alpha value is -1.46. The second-order valence-electron chi connectivity index (χ2n) is 3.86. The number of aromatic nitrogens is 2. The number of carbonyl (C=O) groups excluding carboxylic acids is 1. The zero-order valence-electron chi connectivity index (χ0n) is 9.90. The highest BCUT2D eigenvalue weighted by Gasteiger charge is 2.12. The Bertz CT molecular complexity index is 667. The number of nitrogens with zero attached hydrogens (tertiary/aromatic N) is 2. The van der Waals surface area contributed by atoms with Crippen LogP contribution in [0.3, 0.4) is 0 Å². The number of hydrogen-bond acceptors (Lipinski definition) is 2. The summed E-state index contributed by atoms with van der Waals surface area (Å²) in [6, 6.07) is 4.49. The van der Waals surface area contributed by atoms with E-state index < -0.39 is 5.82 Å². The van der Waals surface area contributed by atoms with E-state index in [2.05, 4.69) is 21.0 Å². The maximum atomic E-state index is 13.5. The fourth-order valence-corrected chi connectivity index (χ4v) is 2.16. The lowest BCUT2D eigenvalue weighted by atomic mass is 10.1. The van der Waals surface area contributed by atoms with Gasteiger partial charge in [0.1, 0.15) is 5.82 Å². The van der Waals surface area contributed by atoms with Gasteiger partial charge in [0, 0.05) is 23.3 Å². The smallest absolute Gasteiger partial charge is 0.207 e. The van der Waals surface area contributed by atoms with Crippen LogP contribution in [0.5, 0.6) is 0 Å². The van der Waals surface area contributed by atoms with Crippen LogP contribution in [0.1, 0.15) is 16.1 Å². The molecule has 0 atom stereocenters. The number of hydrogen-bond donors (Lipinski definition) is 0. The number of rotatable bonds is 3. The van der Waals surface area contributed by atoms with E-state index in [9.17, 15) is 9.18 Å². The minimum absolute atomic E-state index is 0.149. The van der Waals surface area contributed by atoms with Crippen molar-refractivity contribution in [1.82, 2.24) is 9.78 Å². The first-order valence-electron chi connectivity index (χ1n) is 5.34. The van der Waals surface area contributed by atoms with Crippen LogP contribution in [-0.2, 0) is 7.05 Å². The molecule has 1 heterocycles. The van der Waals surface area contributed by atoms with Gasteiger partial charge in [-0.15, -0.1) is 0 Å². The molecule has 0 fully saturated rings. The number of allylic oxidation sites excluding steroid dienone is 1. The van der Waals surface area contributed by atoms with Gasteiger partial charge in [-0.25, -0.2) is 4.39 Å². The number of aryl methyl sites for hydroxylation is 1. The molecule has 1 aromatic carbocycles. The Labute approximate surface area is 122 Å². The molecule has 0 aliphatic carbocycles. The van der Waals surface area contributed by atoms with Gasteiger partial charge in [-0.1, -0.05) is 27.5 Å². The molecular formula is C13H9BrClFN2O. The molecule has 1 aromatic heterocycles. The largest absolute Gasteiger partial charge is 0.287 e. The number of halogens is 3. The summed E-state index contributed by atoms with van der Waals surface area (Å²) >= 11 is 9.10. The molecule has 0 amide bonds. The molecule has 0 aliphatic heterocycles. The second kappa shape index (κ2) is 5.67. The zero-order valence-corrected chi connectivity index (χ0v) is 12.2. The van der Waals surface area contributed by atoms with Gasteiger partial charge in [0.15, 0.2) is 5.69 Å². The first-order chi connectivity index (χ1) is 8.97. The second-order valence-corrected chi connectivity index (χ2v) is 5.19. The van der Waals surface area contributed by atoms with Gasteiger partial charge in [0.05, 0.1) is 5.02 Å². The van der Waals surface area contributed by atoms with E-state index >= 15 is 0 Å². The van der Waals surface area contributed by atoms with Crippen LogP contribution < -0.4 is 0 Å². The molecule has 0 aliphatic rings. The van der Waals surface area contributed by atoms with Crippen molar-refractivity contribution in [3.05, 3.63) is 57.0 Å². The summed E-state index contributed by atoms with van der Waals surface area (Å²) < 4.78 is 15.7. The summed E-state index contributed by atoms with van der Waals surface area (Å²) in [5.41, 5.74) is 0.464. The highest BCUT2D eigenvalue weighted by molar-refractivity contribution is 9.10. The van der Waals surface area contributed by atoms with Crippen molar-refractivity contribution < 1.29 is 9.18 Å². The quantitative estimate of drug-likeness (QED) is 0.626. The van der Waals surface area contributed by atoms with Crippen molar-refractivity contribution in [2.75, 3.05) is 0 Å². The van der Waals surface area contributed by atoms with Crippen molar-refractivity contribution in [1.29, 1.82) is 0 Å². The molecule has 0 spiro atoms. The molecular weight excluding hydrogens is 335 g/mol. The zero-order chi connectivity index (χ0) is 14.0. The van der Waals surface area contributed by atoms with Crippen LogP contribution in [0, 0.1) is 5.82 Å². The van der Waals surface area contributed by atoms with Gasteiger partial charge < -0.3 is 0 Å². The maximum Gasteiger partial charge on any atom is 0.207 e. The fourth-order valence-electron chi connectivity index (χ4n) is 1.51. The lowest BCUT2D eigenvalue weighted by molar-refractivity contribution is 0.104. The number of ketones is 1. The summed E-state index contributed by atoms with van der Waals surface area (Å²) in [6.45, 7) is 0. The topological polar surface area (TPSA) is 34.9 Å². The van der Waals surface area contributed by atoms with E-state index in [4.69, 9.17) is 11.6 Å². The van der Waals surface area contributed by atoms with Gasteiger partial charge in [0.2, 0.25) is 5.78 Å². The van der Waals surface area contributed by atoms with Crippen molar-refractivity contribution >= 4 is 39.4 Å². The molecule has 0 unspecified atom stereocenters. The van der Waals surface area contributed by atoms with E-state index in [-0.39, 0.29) is 16.5 Å². The summed E-state index contributed by atoms with van der Waals surface area (Å²) in [5, 5.41) is 4.21. The van der Waals surface area contributed by atoms with Crippen molar-refractivity contribution in [3.8, 4) is 0 Å². The van der Waals surface area contributed by atoms with Crippen molar-refractivity contribution in [2.45, 2.75) is 0 Å². The predicted octanol–water partition coefficient (Wildman–Crippen LogP) is 3.87. The Morgan fingerprint density at radius 3 is 2.89 bits per heavy atom. The van der Waals surface area contributed by atoms with Gasteiger partial charge in [-0.05, 0) is 30.4 Å². The van der Waals surface area contributed by atoms with Crippen molar-refractivity contribution in [3.63, 3.8) is 0 Å². The molecule has 0 N–H and O–H groups in total. The minimum Gasteiger partial charge on any atom is -0.287 e. The first-order valence-corrected chi connectivity index (χ1v) is 6.51. The molecule has 0 saturated carbocycles. The third kappa shape index (κ3) is 3.30.